The minimum Gasteiger partial charge on any atom is -0.352 e. The molecule has 2 amide bonds. The van der Waals surface area contributed by atoms with Crippen LogP contribution in [0.15, 0.2) is 83.8 Å². The highest BCUT2D eigenvalue weighted by atomic mass is 35.5. The average molecular weight is 586 g/mol. The Kier molecular flexibility index (Phi) is 9.81. The van der Waals surface area contributed by atoms with Gasteiger partial charge in [0.25, 0.3) is 10.0 Å². The second-order valence-corrected chi connectivity index (χ2v) is 12.2. The number of nitrogens with zero attached hydrogens (tertiary/aromatic N) is 2. The van der Waals surface area contributed by atoms with Gasteiger partial charge in [0.1, 0.15) is 18.4 Å². The Labute approximate surface area is 240 Å². The molecule has 1 saturated carbocycles. The predicted molar refractivity (Wildman–Crippen MR) is 154 cm³/mol. The van der Waals surface area contributed by atoms with Gasteiger partial charge in [0.05, 0.1) is 15.6 Å². The molecule has 1 aliphatic carbocycles. The molecule has 0 aliphatic heterocycles. The SMILES string of the molecule is C[C@@H](C(=O)NC1CCCCC1)N(Cc1ccc(F)cc1)C(=O)CN(c1ccccc1Cl)S(=O)(=O)c1ccccc1. The largest absolute Gasteiger partial charge is 0.352 e. The molecule has 40 heavy (non-hydrogen) atoms. The first-order chi connectivity index (χ1) is 19.2. The van der Waals surface area contributed by atoms with Crippen LogP contribution in [-0.2, 0) is 26.2 Å². The molecule has 3 aromatic carbocycles. The van der Waals surface area contributed by atoms with Crippen molar-refractivity contribution in [3.63, 3.8) is 0 Å². The topological polar surface area (TPSA) is 86.8 Å². The van der Waals surface area contributed by atoms with Crippen molar-refractivity contribution in [2.45, 2.75) is 62.6 Å². The first-order valence-electron chi connectivity index (χ1n) is 13.3. The molecule has 0 bridgehead atoms. The van der Waals surface area contributed by atoms with Gasteiger partial charge in [-0.15, -0.1) is 0 Å². The van der Waals surface area contributed by atoms with Crippen LogP contribution in [0.3, 0.4) is 0 Å². The van der Waals surface area contributed by atoms with Crippen molar-refractivity contribution in [2.24, 2.45) is 0 Å². The minimum atomic E-state index is -4.20. The van der Waals surface area contributed by atoms with E-state index in [1.165, 1.54) is 47.4 Å². The summed E-state index contributed by atoms with van der Waals surface area (Å²) in [5, 5.41) is 3.21. The van der Waals surface area contributed by atoms with Gasteiger partial charge in [-0.25, -0.2) is 12.8 Å². The lowest BCUT2D eigenvalue weighted by Crippen LogP contribution is -2.53. The Morgan fingerprint density at radius 3 is 2.23 bits per heavy atom. The van der Waals surface area contributed by atoms with Crippen LogP contribution in [0.1, 0.15) is 44.6 Å². The van der Waals surface area contributed by atoms with E-state index in [1.54, 1.807) is 43.3 Å². The molecule has 7 nitrogen and oxygen atoms in total. The molecule has 3 aromatic rings. The number of rotatable bonds is 10. The van der Waals surface area contributed by atoms with Gasteiger partial charge >= 0.3 is 0 Å². The Morgan fingerprint density at radius 1 is 0.950 bits per heavy atom. The third-order valence-electron chi connectivity index (χ3n) is 7.12. The van der Waals surface area contributed by atoms with E-state index in [1.807, 2.05) is 0 Å². The van der Waals surface area contributed by atoms with Gasteiger partial charge in [-0.05, 0) is 61.7 Å². The summed E-state index contributed by atoms with van der Waals surface area (Å²) in [7, 11) is -4.20. The lowest BCUT2D eigenvalue weighted by atomic mass is 9.95. The van der Waals surface area contributed by atoms with Gasteiger partial charge in [0.15, 0.2) is 0 Å². The lowest BCUT2D eigenvalue weighted by Gasteiger charge is -2.33. The van der Waals surface area contributed by atoms with Crippen molar-refractivity contribution in [1.29, 1.82) is 0 Å². The zero-order valence-electron chi connectivity index (χ0n) is 22.3. The highest BCUT2D eigenvalue weighted by Crippen LogP contribution is 2.30. The van der Waals surface area contributed by atoms with Crippen LogP contribution in [0, 0.1) is 5.82 Å². The monoisotopic (exact) mass is 585 g/mol. The molecule has 0 unspecified atom stereocenters. The molecule has 4 rings (SSSR count). The van der Waals surface area contributed by atoms with E-state index < -0.39 is 34.3 Å². The van der Waals surface area contributed by atoms with E-state index in [-0.39, 0.29) is 34.1 Å². The number of carbonyl (C=O) groups is 2. The fourth-order valence-corrected chi connectivity index (χ4v) is 6.57. The van der Waals surface area contributed by atoms with Crippen LogP contribution in [0.4, 0.5) is 10.1 Å². The average Bonchev–Trinajstić information content (AvgIpc) is 2.96. The summed E-state index contributed by atoms with van der Waals surface area (Å²) in [6.07, 6.45) is 4.94. The summed E-state index contributed by atoms with van der Waals surface area (Å²) < 4.78 is 42.1. The number of hydrogen-bond donors (Lipinski definition) is 1. The molecule has 0 heterocycles. The number of para-hydroxylation sites is 1. The molecule has 1 fully saturated rings. The van der Waals surface area contributed by atoms with Crippen LogP contribution in [0.25, 0.3) is 0 Å². The highest BCUT2D eigenvalue weighted by molar-refractivity contribution is 7.92. The first-order valence-corrected chi connectivity index (χ1v) is 15.1. The molecule has 0 aromatic heterocycles. The molecule has 0 saturated heterocycles. The van der Waals surface area contributed by atoms with Crippen LogP contribution >= 0.6 is 11.6 Å². The van der Waals surface area contributed by atoms with E-state index in [0.717, 1.165) is 36.4 Å². The molecule has 1 N–H and O–H groups in total. The molecule has 1 atom stereocenters. The van der Waals surface area contributed by atoms with Crippen molar-refractivity contribution in [3.05, 3.63) is 95.3 Å². The number of carbonyl (C=O) groups excluding carboxylic acids is 2. The van der Waals surface area contributed by atoms with E-state index >= 15 is 0 Å². The summed E-state index contributed by atoms with van der Waals surface area (Å²) in [5.41, 5.74) is 0.740. The van der Waals surface area contributed by atoms with Crippen LogP contribution in [0.5, 0.6) is 0 Å². The van der Waals surface area contributed by atoms with Crippen molar-refractivity contribution in [3.8, 4) is 0 Å². The summed E-state index contributed by atoms with van der Waals surface area (Å²) >= 11 is 6.41. The third kappa shape index (κ3) is 7.20. The number of benzene rings is 3. The fraction of sp³-hybridized carbons (Fsp3) is 0.333. The second-order valence-electron chi connectivity index (χ2n) is 9.94. The van der Waals surface area contributed by atoms with Crippen molar-refractivity contribution >= 4 is 39.1 Å². The normalized spacial score (nSPS) is 14.8. The minimum absolute atomic E-state index is 0.00380. The van der Waals surface area contributed by atoms with Crippen molar-refractivity contribution in [1.82, 2.24) is 10.2 Å². The number of hydrogen-bond acceptors (Lipinski definition) is 4. The van der Waals surface area contributed by atoms with Crippen LogP contribution in [0.2, 0.25) is 5.02 Å². The summed E-state index contributed by atoms with van der Waals surface area (Å²) in [6, 6.07) is 18.9. The summed E-state index contributed by atoms with van der Waals surface area (Å²) in [5.74, 6) is -1.35. The molecule has 0 spiro atoms. The number of amides is 2. The van der Waals surface area contributed by atoms with E-state index in [0.29, 0.717) is 5.56 Å². The van der Waals surface area contributed by atoms with Gasteiger partial charge in [0, 0.05) is 12.6 Å². The predicted octanol–water partition coefficient (Wildman–Crippen LogP) is 5.54. The highest BCUT2D eigenvalue weighted by Gasteiger charge is 2.33. The van der Waals surface area contributed by atoms with Gasteiger partial charge in [-0.2, -0.15) is 0 Å². The van der Waals surface area contributed by atoms with Gasteiger partial charge in [-0.3, -0.25) is 13.9 Å². The number of nitrogens with one attached hydrogen (secondary N) is 1. The molecule has 0 radical (unpaired) electrons. The zero-order chi connectivity index (χ0) is 28.7. The van der Waals surface area contributed by atoms with Crippen molar-refractivity contribution in [2.75, 3.05) is 10.8 Å². The Bertz CT molecular complexity index is 1410. The first kappa shape index (κ1) is 29.6. The third-order valence-corrected chi connectivity index (χ3v) is 9.21. The number of halogens is 2. The molecular weight excluding hydrogens is 553 g/mol. The molecule has 10 heteroatoms. The summed E-state index contributed by atoms with van der Waals surface area (Å²) in [4.78, 5) is 28.6. The van der Waals surface area contributed by atoms with Gasteiger partial charge in [0.2, 0.25) is 11.8 Å². The summed E-state index contributed by atoms with van der Waals surface area (Å²) in [6.45, 7) is 1.01. The van der Waals surface area contributed by atoms with Crippen LogP contribution < -0.4 is 9.62 Å². The molecule has 212 valence electrons. The fourth-order valence-electron chi connectivity index (χ4n) is 4.82. The maximum atomic E-state index is 13.9. The van der Waals surface area contributed by atoms with Crippen LogP contribution in [-0.4, -0.2) is 43.8 Å². The second kappa shape index (κ2) is 13.3. The number of anilines is 1. The standard InChI is InChI=1S/C30H33ClFN3O4S/c1-22(30(37)33-25-10-4-2-5-11-25)34(20-23-16-18-24(32)19-17-23)29(36)21-35(28-15-9-8-14-27(28)31)40(38,39)26-12-6-3-7-13-26/h3,6-9,12-19,22,25H,2,4-5,10-11,20-21H2,1H3,(H,33,37)/t22-/m0/s1. The Balaban J connectivity index is 1.67. The number of sulfonamides is 1. The maximum absolute atomic E-state index is 13.9. The maximum Gasteiger partial charge on any atom is 0.264 e. The van der Waals surface area contributed by atoms with Gasteiger partial charge < -0.3 is 10.2 Å². The quantitative estimate of drug-likeness (QED) is 0.338. The van der Waals surface area contributed by atoms with E-state index in [2.05, 4.69) is 5.32 Å². The lowest BCUT2D eigenvalue weighted by molar-refractivity contribution is -0.139. The van der Waals surface area contributed by atoms with E-state index in [9.17, 15) is 22.4 Å². The smallest absolute Gasteiger partial charge is 0.264 e. The zero-order valence-corrected chi connectivity index (χ0v) is 23.9. The van der Waals surface area contributed by atoms with E-state index in [4.69, 9.17) is 11.6 Å². The van der Waals surface area contributed by atoms with Gasteiger partial charge in [-0.1, -0.05) is 73.3 Å². The Hall–Kier alpha value is -3.43. The Morgan fingerprint density at radius 2 is 1.57 bits per heavy atom. The van der Waals surface area contributed by atoms with Crippen molar-refractivity contribution < 1.29 is 22.4 Å². The molecule has 1 aliphatic rings. The molecular formula is C30H33ClFN3O4S.